The van der Waals surface area contributed by atoms with Crippen molar-refractivity contribution in [1.29, 1.82) is 0 Å². The Morgan fingerprint density at radius 1 is 1.27 bits per heavy atom. The van der Waals surface area contributed by atoms with Gasteiger partial charge in [-0.15, -0.1) is 11.3 Å². The van der Waals surface area contributed by atoms with Crippen molar-refractivity contribution in [2.75, 3.05) is 12.4 Å². The molecule has 7 heteroatoms. The number of anilines is 1. The molecule has 4 rings (SSSR count). The van der Waals surface area contributed by atoms with Crippen molar-refractivity contribution in [3.05, 3.63) is 74.6 Å². The largest absolute Gasteiger partial charge is 0.497 e. The van der Waals surface area contributed by atoms with Crippen LogP contribution in [0.15, 0.2) is 58.4 Å². The highest BCUT2D eigenvalue weighted by atomic mass is 32.1. The molecule has 1 amide bonds. The molecule has 3 N–H and O–H groups in total. The van der Waals surface area contributed by atoms with Crippen molar-refractivity contribution in [1.82, 2.24) is 9.97 Å². The van der Waals surface area contributed by atoms with Gasteiger partial charge in [-0.25, -0.2) is 4.79 Å². The number of amides is 1. The van der Waals surface area contributed by atoms with Crippen molar-refractivity contribution in [3.63, 3.8) is 0 Å². The Hall–Kier alpha value is -3.06. The summed E-state index contributed by atoms with van der Waals surface area (Å²) in [5.41, 5.74) is 2.86. The lowest BCUT2D eigenvalue weighted by molar-refractivity contribution is 0.103. The second-order valence-corrected chi connectivity index (χ2v) is 6.96. The number of imidazole rings is 1. The number of ether oxygens (including phenoxy) is 1. The molecule has 1 aromatic carbocycles. The maximum absolute atomic E-state index is 12.5. The first-order valence-corrected chi connectivity index (χ1v) is 9.04. The fourth-order valence-electron chi connectivity index (χ4n) is 2.97. The Labute approximate surface area is 153 Å². The van der Waals surface area contributed by atoms with Gasteiger partial charge in [-0.05, 0) is 53.8 Å². The van der Waals surface area contributed by atoms with Crippen LogP contribution in [0.3, 0.4) is 0 Å². The van der Waals surface area contributed by atoms with Crippen LogP contribution in [0.1, 0.15) is 27.6 Å². The quantitative estimate of drug-likeness (QED) is 0.656. The van der Waals surface area contributed by atoms with E-state index in [1.807, 2.05) is 17.5 Å². The number of allylic oxidation sites excluding steroid dienone is 3. The van der Waals surface area contributed by atoms with E-state index < -0.39 is 0 Å². The highest BCUT2D eigenvalue weighted by Crippen LogP contribution is 2.30. The summed E-state index contributed by atoms with van der Waals surface area (Å²) in [6.07, 6.45) is 6.96. The van der Waals surface area contributed by atoms with Gasteiger partial charge in [0, 0.05) is 11.6 Å². The Balaban J connectivity index is 1.48. The van der Waals surface area contributed by atoms with Crippen LogP contribution < -0.4 is 11.0 Å². The Morgan fingerprint density at radius 2 is 2.12 bits per heavy atom. The van der Waals surface area contributed by atoms with Crippen LogP contribution in [0.25, 0.3) is 11.0 Å². The smallest absolute Gasteiger partial charge is 0.323 e. The fourth-order valence-corrected chi connectivity index (χ4v) is 3.83. The lowest BCUT2D eigenvalue weighted by atomic mass is 9.94. The van der Waals surface area contributed by atoms with Gasteiger partial charge in [0.25, 0.3) is 5.91 Å². The number of rotatable bonds is 4. The normalized spacial score (nSPS) is 16.5. The second-order valence-electron chi connectivity index (χ2n) is 6.05. The molecule has 0 spiro atoms. The molecule has 2 aromatic heterocycles. The van der Waals surface area contributed by atoms with Crippen molar-refractivity contribution < 1.29 is 9.53 Å². The van der Waals surface area contributed by atoms with E-state index in [-0.39, 0.29) is 17.5 Å². The Bertz CT molecular complexity index is 1090. The summed E-state index contributed by atoms with van der Waals surface area (Å²) in [5, 5.41) is 4.89. The van der Waals surface area contributed by atoms with E-state index in [1.165, 1.54) is 11.3 Å². The van der Waals surface area contributed by atoms with Gasteiger partial charge < -0.3 is 20.0 Å². The third-order valence-electron chi connectivity index (χ3n) is 4.35. The molecule has 0 bridgehead atoms. The highest BCUT2D eigenvalue weighted by Gasteiger charge is 2.16. The van der Waals surface area contributed by atoms with Gasteiger partial charge in [-0.3, -0.25) is 4.79 Å². The van der Waals surface area contributed by atoms with Gasteiger partial charge in [0.15, 0.2) is 0 Å². The molecular formula is C19H17N3O3S. The van der Waals surface area contributed by atoms with E-state index in [4.69, 9.17) is 4.74 Å². The summed E-state index contributed by atoms with van der Waals surface area (Å²) >= 11 is 1.42. The average Bonchev–Trinajstić information content (AvgIpc) is 3.27. The molecule has 0 radical (unpaired) electrons. The van der Waals surface area contributed by atoms with Gasteiger partial charge in [0.2, 0.25) is 0 Å². The minimum Gasteiger partial charge on any atom is -0.497 e. The number of carbonyl (C=O) groups is 1. The van der Waals surface area contributed by atoms with Gasteiger partial charge >= 0.3 is 5.69 Å². The Kier molecular flexibility index (Phi) is 4.22. The molecule has 2 heterocycles. The molecule has 26 heavy (non-hydrogen) atoms. The zero-order valence-electron chi connectivity index (χ0n) is 14.0. The van der Waals surface area contributed by atoms with Crippen molar-refractivity contribution in [3.8, 4) is 0 Å². The first kappa shape index (κ1) is 16.4. The lowest BCUT2D eigenvalue weighted by Crippen LogP contribution is -2.10. The standard InChI is InChI=1S/C19H17N3O3S/c1-25-14-5-2-11(3-6-14)12-8-17(26-10-12)18(23)20-13-4-7-15-16(9-13)22-19(24)21-15/h2,4-11H,3H2,1H3,(H,20,23)(H2,21,22,24). The van der Waals surface area contributed by atoms with Crippen LogP contribution in [-0.2, 0) is 4.74 Å². The third-order valence-corrected chi connectivity index (χ3v) is 5.29. The predicted octanol–water partition coefficient (Wildman–Crippen LogP) is 3.74. The molecule has 132 valence electrons. The summed E-state index contributed by atoms with van der Waals surface area (Å²) in [6, 6.07) is 7.19. The van der Waals surface area contributed by atoms with Crippen LogP contribution in [-0.4, -0.2) is 23.0 Å². The van der Waals surface area contributed by atoms with Crippen molar-refractivity contribution in [2.24, 2.45) is 0 Å². The minimum absolute atomic E-state index is 0.161. The number of benzene rings is 1. The van der Waals surface area contributed by atoms with E-state index in [2.05, 4.69) is 27.4 Å². The Morgan fingerprint density at radius 3 is 2.88 bits per heavy atom. The zero-order valence-corrected chi connectivity index (χ0v) is 14.9. The number of H-pyrrole nitrogens is 2. The molecule has 1 unspecified atom stereocenters. The van der Waals surface area contributed by atoms with Gasteiger partial charge in [-0.1, -0.05) is 6.08 Å². The summed E-state index contributed by atoms with van der Waals surface area (Å²) in [4.78, 5) is 29.9. The molecule has 0 aliphatic heterocycles. The average molecular weight is 367 g/mol. The zero-order chi connectivity index (χ0) is 18.1. The van der Waals surface area contributed by atoms with E-state index in [0.29, 0.717) is 21.6 Å². The molecule has 0 saturated heterocycles. The molecule has 6 nitrogen and oxygen atoms in total. The van der Waals surface area contributed by atoms with Gasteiger partial charge in [0.1, 0.15) is 5.76 Å². The maximum Gasteiger partial charge on any atom is 0.323 e. The molecular weight excluding hydrogens is 350 g/mol. The number of aromatic nitrogens is 2. The first-order valence-electron chi connectivity index (χ1n) is 8.16. The van der Waals surface area contributed by atoms with Crippen LogP contribution in [0.5, 0.6) is 0 Å². The number of hydrogen-bond donors (Lipinski definition) is 3. The number of nitrogens with one attached hydrogen (secondary N) is 3. The summed E-state index contributed by atoms with van der Waals surface area (Å²) in [5.74, 6) is 0.965. The monoisotopic (exact) mass is 367 g/mol. The minimum atomic E-state index is -0.266. The van der Waals surface area contributed by atoms with E-state index in [1.54, 1.807) is 25.3 Å². The molecule has 1 atom stereocenters. The lowest BCUT2D eigenvalue weighted by Gasteiger charge is -2.14. The summed E-state index contributed by atoms with van der Waals surface area (Å²) in [7, 11) is 1.66. The number of methoxy groups -OCH3 is 1. The molecule has 1 aliphatic rings. The molecule has 0 saturated carbocycles. The van der Waals surface area contributed by atoms with E-state index in [0.717, 1.165) is 17.7 Å². The first-order chi connectivity index (χ1) is 12.6. The number of carbonyl (C=O) groups excluding carboxylic acids is 1. The van der Waals surface area contributed by atoms with E-state index >= 15 is 0 Å². The van der Waals surface area contributed by atoms with Crippen LogP contribution in [0.2, 0.25) is 0 Å². The van der Waals surface area contributed by atoms with Crippen LogP contribution in [0.4, 0.5) is 5.69 Å². The summed E-state index contributed by atoms with van der Waals surface area (Å²) < 4.78 is 5.21. The molecule has 3 aromatic rings. The van der Waals surface area contributed by atoms with Crippen molar-refractivity contribution >= 4 is 34.0 Å². The molecule has 1 aliphatic carbocycles. The van der Waals surface area contributed by atoms with Crippen LogP contribution >= 0.6 is 11.3 Å². The molecule has 0 fully saturated rings. The SMILES string of the molecule is COC1=CCC(c2csc(C(=O)Nc3ccc4[nH]c(=O)[nH]c4c3)c2)C=C1. The number of thiophene rings is 1. The highest BCUT2D eigenvalue weighted by molar-refractivity contribution is 7.12. The van der Waals surface area contributed by atoms with Crippen molar-refractivity contribution in [2.45, 2.75) is 12.3 Å². The van der Waals surface area contributed by atoms with Gasteiger partial charge in [-0.2, -0.15) is 0 Å². The maximum atomic E-state index is 12.5. The van der Waals surface area contributed by atoms with E-state index in [9.17, 15) is 9.59 Å². The topological polar surface area (TPSA) is 87.0 Å². The second kappa shape index (κ2) is 6.68. The third kappa shape index (κ3) is 3.21. The number of fused-ring (bicyclic) bond motifs is 1. The van der Waals surface area contributed by atoms with Crippen LogP contribution in [0, 0.1) is 0 Å². The predicted molar refractivity (Wildman–Crippen MR) is 103 cm³/mol. The fraction of sp³-hybridized carbons (Fsp3) is 0.158. The van der Waals surface area contributed by atoms with Gasteiger partial charge in [0.05, 0.1) is 23.0 Å². The number of aromatic amines is 2. The summed E-state index contributed by atoms with van der Waals surface area (Å²) in [6.45, 7) is 0. The number of hydrogen-bond acceptors (Lipinski definition) is 4.